The van der Waals surface area contributed by atoms with Crippen LogP contribution in [0.15, 0.2) is 35.1 Å². The van der Waals surface area contributed by atoms with Gasteiger partial charge >= 0.3 is 5.97 Å². The number of ether oxygens (including phenoxy) is 1. The molecule has 1 heterocycles. The van der Waals surface area contributed by atoms with Crippen molar-refractivity contribution in [3.05, 3.63) is 57.5 Å². The quantitative estimate of drug-likeness (QED) is 0.565. The summed E-state index contributed by atoms with van der Waals surface area (Å²) in [4.78, 5) is 37.2. The molecule has 1 aromatic carbocycles. The van der Waals surface area contributed by atoms with Crippen molar-refractivity contribution in [2.45, 2.75) is 65.3 Å². The van der Waals surface area contributed by atoms with Crippen LogP contribution in [0.2, 0.25) is 0 Å². The van der Waals surface area contributed by atoms with Gasteiger partial charge in [-0.15, -0.1) is 0 Å². The average Bonchev–Trinajstić information content (AvgIpc) is 2.74. The molecular formula is C23H28N2O4. The Hall–Kier alpha value is -2.89. The number of hydrogen-bond donors (Lipinski definition) is 1. The molecule has 0 radical (unpaired) electrons. The summed E-state index contributed by atoms with van der Waals surface area (Å²) >= 11 is 0. The predicted molar refractivity (Wildman–Crippen MR) is 113 cm³/mol. The predicted octanol–water partition coefficient (Wildman–Crippen LogP) is 4.09. The molecule has 1 aliphatic rings. The maximum absolute atomic E-state index is 13.0. The molecule has 0 saturated heterocycles. The van der Waals surface area contributed by atoms with Crippen molar-refractivity contribution >= 4 is 17.6 Å². The molecule has 154 valence electrons. The summed E-state index contributed by atoms with van der Waals surface area (Å²) in [5.41, 5.74) is 2.71. The first-order chi connectivity index (χ1) is 14.0. The Morgan fingerprint density at radius 3 is 2.52 bits per heavy atom. The van der Waals surface area contributed by atoms with Gasteiger partial charge in [0.2, 0.25) is 0 Å². The Balaban J connectivity index is 1.83. The molecule has 1 aromatic heterocycles. The van der Waals surface area contributed by atoms with Crippen LogP contribution in [0.4, 0.5) is 5.69 Å². The highest BCUT2D eigenvalue weighted by Gasteiger charge is 2.21. The third kappa shape index (κ3) is 4.94. The van der Waals surface area contributed by atoms with E-state index in [-0.39, 0.29) is 17.1 Å². The van der Waals surface area contributed by atoms with Gasteiger partial charge < -0.3 is 14.6 Å². The molecule has 2 aromatic rings. The monoisotopic (exact) mass is 396 g/mol. The molecule has 0 atom stereocenters. The lowest BCUT2D eigenvalue weighted by Crippen LogP contribution is -2.33. The van der Waals surface area contributed by atoms with E-state index in [1.807, 2.05) is 0 Å². The number of carbonyl (C=O) groups is 2. The lowest BCUT2D eigenvalue weighted by atomic mass is 9.94. The number of rotatable bonds is 7. The van der Waals surface area contributed by atoms with E-state index in [9.17, 15) is 14.4 Å². The van der Waals surface area contributed by atoms with E-state index in [1.165, 1.54) is 0 Å². The van der Waals surface area contributed by atoms with E-state index in [1.54, 1.807) is 41.8 Å². The first-order valence-corrected chi connectivity index (χ1v) is 10.4. The first kappa shape index (κ1) is 20.8. The summed E-state index contributed by atoms with van der Waals surface area (Å²) in [6.45, 7) is 4.47. The van der Waals surface area contributed by atoms with E-state index >= 15 is 0 Å². The average molecular weight is 396 g/mol. The second-order valence-corrected chi connectivity index (χ2v) is 7.35. The standard InChI is InChI=1S/C23H28N2O4/c1-3-5-14-25-20-9-7-6-8-16(20)15-19(23(25)28)22(27)24-17-10-12-18(13-11-17)29-21(26)4-2/h10-13,15H,3-9,14H2,1-2H3,(H,24,27). The third-order valence-corrected chi connectivity index (χ3v) is 5.21. The van der Waals surface area contributed by atoms with Gasteiger partial charge in [0.05, 0.1) is 0 Å². The van der Waals surface area contributed by atoms with Crippen molar-refractivity contribution in [2.75, 3.05) is 5.32 Å². The number of unbranched alkanes of at least 4 members (excludes halogenated alkanes) is 1. The summed E-state index contributed by atoms with van der Waals surface area (Å²) in [6.07, 6.45) is 6.16. The molecule has 0 unspecified atom stereocenters. The smallest absolute Gasteiger partial charge is 0.310 e. The van der Waals surface area contributed by atoms with Crippen molar-refractivity contribution in [3.63, 3.8) is 0 Å². The summed E-state index contributed by atoms with van der Waals surface area (Å²) in [5, 5.41) is 2.79. The summed E-state index contributed by atoms with van der Waals surface area (Å²) in [5.74, 6) is -0.305. The minimum Gasteiger partial charge on any atom is -0.427 e. The van der Waals surface area contributed by atoms with Gasteiger partial charge in [0.15, 0.2) is 0 Å². The molecule has 1 amide bonds. The van der Waals surface area contributed by atoms with E-state index in [2.05, 4.69) is 12.2 Å². The maximum atomic E-state index is 13.0. The molecular weight excluding hydrogens is 368 g/mol. The van der Waals surface area contributed by atoms with Crippen LogP contribution in [0, 0.1) is 0 Å². The van der Waals surface area contributed by atoms with E-state index < -0.39 is 5.91 Å². The molecule has 6 nitrogen and oxygen atoms in total. The summed E-state index contributed by atoms with van der Waals surface area (Å²) in [6, 6.07) is 8.32. The molecule has 0 saturated carbocycles. The fraction of sp³-hybridized carbons (Fsp3) is 0.435. The highest BCUT2D eigenvalue weighted by molar-refractivity contribution is 6.04. The van der Waals surface area contributed by atoms with Crippen molar-refractivity contribution in [1.82, 2.24) is 4.57 Å². The van der Waals surface area contributed by atoms with Crippen molar-refractivity contribution < 1.29 is 14.3 Å². The topological polar surface area (TPSA) is 77.4 Å². The van der Waals surface area contributed by atoms with E-state index in [4.69, 9.17) is 4.74 Å². The Morgan fingerprint density at radius 2 is 1.83 bits per heavy atom. The molecule has 0 fully saturated rings. The Kier molecular flexibility index (Phi) is 6.86. The van der Waals surface area contributed by atoms with Crippen LogP contribution >= 0.6 is 0 Å². The number of nitrogens with zero attached hydrogens (tertiary/aromatic N) is 1. The molecule has 0 spiro atoms. The molecule has 1 N–H and O–H groups in total. The number of fused-ring (bicyclic) bond motifs is 1. The third-order valence-electron chi connectivity index (χ3n) is 5.21. The van der Waals surface area contributed by atoms with Crippen LogP contribution in [-0.4, -0.2) is 16.4 Å². The number of carbonyl (C=O) groups excluding carboxylic acids is 2. The zero-order valence-corrected chi connectivity index (χ0v) is 17.1. The number of esters is 1. The second-order valence-electron chi connectivity index (χ2n) is 7.35. The number of benzene rings is 1. The number of hydrogen-bond acceptors (Lipinski definition) is 4. The fourth-order valence-corrected chi connectivity index (χ4v) is 3.60. The Bertz CT molecular complexity index is 945. The van der Waals surface area contributed by atoms with E-state index in [0.717, 1.165) is 49.8 Å². The minimum atomic E-state index is -0.410. The summed E-state index contributed by atoms with van der Waals surface area (Å²) in [7, 11) is 0. The number of amides is 1. The summed E-state index contributed by atoms with van der Waals surface area (Å²) < 4.78 is 6.94. The Labute approximate surface area is 170 Å². The molecule has 29 heavy (non-hydrogen) atoms. The van der Waals surface area contributed by atoms with Crippen LogP contribution < -0.4 is 15.6 Å². The van der Waals surface area contributed by atoms with E-state index in [0.29, 0.717) is 24.4 Å². The van der Waals surface area contributed by atoms with Crippen LogP contribution in [0.5, 0.6) is 5.75 Å². The number of aromatic nitrogens is 1. The Morgan fingerprint density at radius 1 is 1.10 bits per heavy atom. The highest BCUT2D eigenvalue weighted by atomic mass is 16.5. The first-order valence-electron chi connectivity index (χ1n) is 10.4. The van der Waals surface area contributed by atoms with Crippen molar-refractivity contribution in [2.24, 2.45) is 0 Å². The van der Waals surface area contributed by atoms with Crippen LogP contribution in [0.25, 0.3) is 0 Å². The molecule has 6 heteroatoms. The van der Waals surface area contributed by atoms with Crippen LogP contribution in [0.3, 0.4) is 0 Å². The van der Waals surface area contributed by atoms with Gasteiger partial charge in [-0.05, 0) is 68.0 Å². The number of pyridine rings is 1. The maximum Gasteiger partial charge on any atom is 0.310 e. The second kappa shape index (κ2) is 9.54. The van der Waals surface area contributed by atoms with Gasteiger partial charge in [-0.1, -0.05) is 20.3 Å². The number of nitrogens with one attached hydrogen (secondary N) is 1. The van der Waals surface area contributed by atoms with Crippen LogP contribution in [0.1, 0.15) is 67.6 Å². The van der Waals surface area contributed by atoms with Crippen molar-refractivity contribution in [1.29, 1.82) is 0 Å². The normalized spacial score (nSPS) is 12.9. The van der Waals surface area contributed by atoms with Gasteiger partial charge in [0, 0.05) is 24.3 Å². The molecule has 0 aliphatic heterocycles. The molecule has 3 rings (SSSR count). The SMILES string of the molecule is CCCCn1c2c(cc(C(=O)Nc3ccc(OC(=O)CC)cc3)c1=O)CCCC2. The molecule has 1 aliphatic carbocycles. The van der Waals surface area contributed by atoms with Gasteiger partial charge in [0.1, 0.15) is 11.3 Å². The van der Waals surface area contributed by atoms with Gasteiger partial charge in [0.25, 0.3) is 11.5 Å². The number of anilines is 1. The highest BCUT2D eigenvalue weighted by Crippen LogP contribution is 2.22. The van der Waals surface area contributed by atoms with Crippen LogP contribution in [-0.2, 0) is 24.2 Å². The number of aryl methyl sites for hydroxylation is 1. The van der Waals surface area contributed by atoms with Gasteiger partial charge in [-0.25, -0.2) is 0 Å². The lowest BCUT2D eigenvalue weighted by Gasteiger charge is -2.22. The fourth-order valence-electron chi connectivity index (χ4n) is 3.60. The van der Waals surface area contributed by atoms with Crippen molar-refractivity contribution in [3.8, 4) is 5.75 Å². The largest absolute Gasteiger partial charge is 0.427 e. The lowest BCUT2D eigenvalue weighted by molar-refractivity contribution is -0.134. The minimum absolute atomic E-state index is 0.184. The van der Waals surface area contributed by atoms with Gasteiger partial charge in [-0.3, -0.25) is 14.4 Å². The zero-order chi connectivity index (χ0) is 20.8. The zero-order valence-electron chi connectivity index (χ0n) is 17.1. The molecule has 0 bridgehead atoms. The van der Waals surface area contributed by atoms with Gasteiger partial charge in [-0.2, -0.15) is 0 Å².